The van der Waals surface area contributed by atoms with Gasteiger partial charge in [-0.25, -0.2) is 4.85 Å². The van der Waals surface area contributed by atoms with Gasteiger partial charge < -0.3 is 10.5 Å². The molecule has 0 radical (unpaired) electrons. The molecule has 0 heterocycles. The molecule has 8 atom stereocenters. The van der Waals surface area contributed by atoms with Crippen LogP contribution in [0.15, 0.2) is 23.4 Å². The molecule has 0 aromatic rings. The van der Waals surface area contributed by atoms with Crippen molar-refractivity contribution in [3.63, 3.8) is 0 Å². The fraction of sp³-hybridized carbons (Fsp3) is 0.759. The Bertz CT molecular complexity index is 1050. The second kappa shape index (κ2) is 6.69. The normalized spacial score (nSPS) is 50.6. The number of ketones is 2. The maximum Gasteiger partial charge on any atom is 0.226 e. The van der Waals surface area contributed by atoms with Gasteiger partial charge in [-0.3, -0.25) is 4.79 Å². The first-order chi connectivity index (χ1) is 15.2. The number of nitrogens with two attached hydrogens (primary N) is 1. The molecule has 178 valence electrons. The van der Waals surface area contributed by atoms with Crippen molar-refractivity contribution in [1.29, 1.82) is 0 Å². The molecule has 0 spiro atoms. The van der Waals surface area contributed by atoms with E-state index in [-0.39, 0.29) is 62.7 Å². The lowest BCUT2D eigenvalue weighted by Crippen LogP contribution is -2.68. The van der Waals surface area contributed by atoms with Crippen LogP contribution in [0.25, 0.3) is 4.85 Å². The van der Waals surface area contributed by atoms with E-state index in [9.17, 15) is 9.59 Å². The van der Waals surface area contributed by atoms with Crippen molar-refractivity contribution in [2.24, 2.45) is 51.1 Å². The van der Waals surface area contributed by atoms with Crippen LogP contribution in [0.3, 0.4) is 0 Å². The molecule has 4 heteroatoms. The van der Waals surface area contributed by atoms with Crippen LogP contribution in [-0.4, -0.2) is 17.1 Å². The molecule has 3 fully saturated rings. The van der Waals surface area contributed by atoms with Gasteiger partial charge in [-0.05, 0) is 79.1 Å². The first-order valence-corrected chi connectivity index (χ1v) is 12.9. The molecule has 5 rings (SSSR count). The molecule has 0 aromatic heterocycles. The number of carbonyl (C=O) groups excluding carboxylic acids is 2. The molecule has 4 nitrogen and oxygen atoms in total. The Morgan fingerprint density at radius 2 is 1.67 bits per heavy atom. The summed E-state index contributed by atoms with van der Waals surface area (Å²) in [7, 11) is 0. The molecular formula is C29H40N2O2. The topological polar surface area (TPSA) is 64.5 Å². The predicted octanol–water partition coefficient (Wildman–Crippen LogP) is 5.88. The van der Waals surface area contributed by atoms with Gasteiger partial charge in [0.05, 0.1) is 6.57 Å². The molecule has 5 aliphatic rings. The summed E-state index contributed by atoms with van der Waals surface area (Å²) in [6.07, 6.45) is 10.9. The lowest BCUT2D eigenvalue weighted by Gasteiger charge is -2.68. The second-order valence-corrected chi connectivity index (χ2v) is 13.6. The van der Waals surface area contributed by atoms with E-state index in [2.05, 4.69) is 39.5 Å². The van der Waals surface area contributed by atoms with Crippen LogP contribution in [0.2, 0.25) is 0 Å². The summed E-state index contributed by atoms with van der Waals surface area (Å²) >= 11 is 0. The van der Waals surface area contributed by atoms with Gasteiger partial charge in [0, 0.05) is 22.8 Å². The summed E-state index contributed by atoms with van der Waals surface area (Å²) in [5.74, 6) is 0.348. The fourth-order valence-corrected chi connectivity index (χ4v) is 9.27. The first kappa shape index (κ1) is 23.0. The molecule has 0 bridgehead atoms. The van der Waals surface area contributed by atoms with E-state index in [1.165, 1.54) is 5.57 Å². The third-order valence-electron chi connectivity index (χ3n) is 11.6. The minimum atomic E-state index is -0.424. The number of hydrogen-bond acceptors (Lipinski definition) is 3. The zero-order valence-corrected chi connectivity index (χ0v) is 21.3. The molecule has 33 heavy (non-hydrogen) atoms. The van der Waals surface area contributed by atoms with Crippen LogP contribution in [0, 0.1) is 51.9 Å². The standard InChI is InChI=1S/C29H40N2O2/c1-17-18-8-9-27(5)22(26(18,4)16-20(31-7)24(17)33)14-21(32)23-19-15-25(2,3)10-12-29(19,30)13-11-28(23,27)6/h14,16-19,23H,8-13,15,30H2,1-6H3/t17-,18-,19-,23-,26-,27+,28+,29-/m0/s1. The number of carbonyl (C=O) groups is 2. The number of hydrogen-bond donors (Lipinski definition) is 1. The van der Waals surface area contributed by atoms with Crippen molar-refractivity contribution in [2.75, 3.05) is 0 Å². The summed E-state index contributed by atoms with van der Waals surface area (Å²) < 4.78 is 0. The summed E-state index contributed by atoms with van der Waals surface area (Å²) in [4.78, 5) is 30.5. The van der Waals surface area contributed by atoms with E-state index < -0.39 is 5.41 Å². The Morgan fingerprint density at radius 3 is 2.33 bits per heavy atom. The molecule has 0 amide bonds. The highest BCUT2D eigenvalue weighted by Crippen LogP contribution is 2.72. The van der Waals surface area contributed by atoms with Gasteiger partial charge in [-0.2, -0.15) is 0 Å². The maximum absolute atomic E-state index is 14.1. The minimum absolute atomic E-state index is 0.0297. The molecule has 0 saturated heterocycles. The highest BCUT2D eigenvalue weighted by Gasteiger charge is 2.68. The third-order valence-corrected chi connectivity index (χ3v) is 11.6. The number of allylic oxidation sites excluding steroid dienone is 4. The summed E-state index contributed by atoms with van der Waals surface area (Å²) in [6.45, 7) is 21.2. The second-order valence-electron chi connectivity index (χ2n) is 13.6. The quantitative estimate of drug-likeness (QED) is 0.471. The van der Waals surface area contributed by atoms with Crippen molar-refractivity contribution in [3.05, 3.63) is 34.8 Å². The highest BCUT2D eigenvalue weighted by molar-refractivity contribution is 6.01. The number of nitrogens with zero attached hydrogens (tertiary/aromatic N) is 1. The van der Waals surface area contributed by atoms with Gasteiger partial charge in [0.25, 0.3) is 0 Å². The monoisotopic (exact) mass is 448 g/mol. The Kier molecular flexibility index (Phi) is 4.67. The average Bonchev–Trinajstić information content (AvgIpc) is 2.74. The average molecular weight is 449 g/mol. The lowest BCUT2D eigenvalue weighted by molar-refractivity contribution is -0.156. The van der Waals surface area contributed by atoms with Gasteiger partial charge in [0.2, 0.25) is 5.70 Å². The van der Waals surface area contributed by atoms with Gasteiger partial charge in [0.1, 0.15) is 0 Å². The zero-order valence-electron chi connectivity index (χ0n) is 21.3. The Labute approximate surface area is 199 Å². The number of fused-ring (bicyclic) bond motifs is 7. The van der Waals surface area contributed by atoms with Crippen molar-refractivity contribution in [1.82, 2.24) is 0 Å². The van der Waals surface area contributed by atoms with Gasteiger partial charge >= 0.3 is 0 Å². The highest BCUT2D eigenvalue weighted by atomic mass is 16.1. The Morgan fingerprint density at radius 1 is 1.00 bits per heavy atom. The largest absolute Gasteiger partial charge is 0.325 e. The molecular weight excluding hydrogens is 408 g/mol. The molecule has 0 aromatic carbocycles. The Hall–Kier alpha value is -1.73. The van der Waals surface area contributed by atoms with Crippen LogP contribution in [0.4, 0.5) is 0 Å². The van der Waals surface area contributed by atoms with Gasteiger partial charge in [-0.1, -0.05) is 53.2 Å². The molecule has 0 aliphatic heterocycles. The Balaban J connectivity index is 1.68. The van der Waals surface area contributed by atoms with E-state index in [0.717, 1.165) is 44.9 Å². The minimum Gasteiger partial charge on any atom is -0.325 e. The SMILES string of the molecule is [C-]#[N+]C1=C[C@]2(C)C3=CC(=O)[C@@H]4[C@@H]5CC(C)(C)CC[C@]5(N)CC[C@@]4(C)[C@]3(C)CC[C@H]2[C@H](C)C1=O. The summed E-state index contributed by atoms with van der Waals surface area (Å²) in [5, 5.41) is 0. The van der Waals surface area contributed by atoms with Crippen LogP contribution in [0.1, 0.15) is 86.5 Å². The smallest absolute Gasteiger partial charge is 0.226 e. The fourth-order valence-electron chi connectivity index (χ4n) is 9.27. The van der Waals surface area contributed by atoms with Gasteiger partial charge in [0.15, 0.2) is 11.6 Å². The van der Waals surface area contributed by atoms with Gasteiger partial charge in [-0.15, -0.1) is 0 Å². The molecule has 3 saturated carbocycles. The zero-order chi connectivity index (χ0) is 24.2. The molecule has 0 unspecified atom stereocenters. The van der Waals surface area contributed by atoms with Crippen LogP contribution >= 0.6 is 0 Å². The summed E-state index contributed by atoms with van der Waals surface area (Å²) in [6, 6.07) is 0. The van der Waals surface area contributed by atoms with Crippen molar-refractivity contribution < 1.29 is 9.59 Å². The van der Waals surface area contributed by atoms with E-state index in [1.54, 1.807) is 0 Å². The van der Waals surface area contributed by atoms with Crippen molar-refractivity contribution >= 4 is 11.6 Å². The van der Waals surface area contributed by atoms with E-state index in [1.807, 2.05) is 19.1 Å². The van der Waals surface area contributed by atoms with Crippen LogP contribution in [0.5, 0.6) is 0 Å². The van der Waals surface area contributed by atoms with E-state index in [0.29, 0.717) is 0 Å². The molecule has 2 N–H and O–H groups in total. The number of rotatable bonds is 0. The first-order valence-electron chi connectivity index (χ1n) is 12.9. The van der Waals surface area contributed by atoms with Crippen molar-refractivity contribution in [2.45, 2.75) is 92.0 Å². The lowest BCUT2D eigenvalue weighted by atomic mass is 9.36. The van der Waals surface area contributed by atoms with Crippen molar-refractivity contribution in [3.8, 4) is 0 Å². The summed E-state index contributed by atoms with van der Waals surface area (Å²) in [5.41, 5.74) is 7.77. The third kappa shape index (κ3) is 2.78. The van der Waals surface area contributed by atoms with Crippen LogP contribution in [-0.2, 0) is 9.59 Å². The molecule has 5 aliphatic carbocycles. The van der Waals surface area contributed by atoms with E-state index in [4.69, 9.17) is 12.3 Å². The number of Topliss-reactive ketones (excluding diaryl/α,β-unsaturated/α-hetero) is 1. The predicted molar refractivity (Wildman–Crippen MR) is 130 cm³/mol. The van der Waals surface area contributed by atoms with E-state index >= 15 is 0 Å². The maximum atomic E-state index is 14.1. The van der Waals surface area contributed by atoms with Crippen LogP contribution < -0.4 is 5.73 Å².